The minimum atomic E-state index is -0.418. The number of nitrogens with zero attached hydrogens (tertiary/aromatic N) is 1. The topological polar surface area (TPSA) is 38.8 Å². The Hall–Kier alpha value is -0.970. The maximum Gasteiger partial charge on any atom is 0.344 e. The number of halogens is 2. The normalized spacial score (nSPS) is 11.3. The summed E-state index contributed by atoms with van der Waals surface area (Å²) < 4.78 is 10.5. The molecule has 0 saturated heterocycles. The van der Waals surface area contributed by atoms with E-state index >= 15 is 0 Å². The molecule has 6 heteroatoms. The van der Waals surface area contributed by atoms with E-state index in [2.05, 4.69) is 32.6 Å². The summed E-state index contributed by atoms with van der Waals surface area (Å²) >= 11 is 11.8. The van der Waals surface area contributed by atoms with E-state index in [1.54, 1.807) is 18.2 Å². The van der Waals surface area contributed by atoms with Gasteiger partial charge in [-0.1, -0.05) is 23.2 Å². The number of rotatable bonds is 8. The molecule has 0 saturated carbocycles. The third-order valence-corrected chi connectivity index (χ3v) is 3.71. The first kappa shape index (κ1) is 19.1. The first-order chi connectivity index (χ1) is 10.3. The number of carbonyl (C=O) groups excluding carboxylic acids is 1. The third-order valence-electron chi connectivity index (χ3n) is 3.18. The van der Waals surface area contributed by atoms with Crippen LogP contribution < -0.4 is 4.74 Å². The van der Waals surface area contributed by atoms with Crippen molar-refractivity contribution in [3.63, 3.8) is 0 Å². The van der Waals surface area contributed by atoms with E-state index in [9.17, 15) is 4.79 Å². The molecular formula is C16H23Cl2NO3. The van der Waals surface area contributed by atoms with Crippen molar-refractivity contribution in [1.82, 2.24) is 4.90 Å². The van der Waals surface area contributed by atoms with Gasteiger partial charge in [0.1, 0.15) is 12.4 Å². The first-order valence-electron chi connectivity index (χ1n) is 7.30. The Labute approximate surface area is 142 Å². The molecule has 0 aromatic heterocycles. The van der Waals surface area contributed by atoms with Gasteiger partial charge in [-0.15, -0.1) is 0 Å². The third kappa shape index (κ3) is 6.42. The minimum absolute atomic E-state index is 0.176. The highest BCUT2D eigenvalue weighted by Gasteiger charge is 2.14. The van der Waals surface area contributed by atoms with Crippen LogP contribution in [0.4, 0.5) is 0 Å². The van der Waals surface area contributed by atoms with Gasteiger partial charge in [0.05, 0.1) is 5.02 Å². The Balaban J connectivity index is 2.34. The fraction of sp³-hybridized carbons (Fsp3) is 0.562. The molecule has 0 heterocycles. The molecule has 0 radical (unpaired) electrons. The van der Waals surface area contributed by atoms with Crippen LogP contribution in [0.1, 0.15) is 27.7 Å². The van der Waals surface area contributed by atoms with Gasteiger partial charge in [0.2, 0.25) is 0 Å². The molecule has 0 amide bonds. The maximum atomic E-state index is 11.7. The van der Waals surface area contributed by atoms with E-state index < -0.39 is 5.97 Å². The van der Waals surface area contributed by atoms with Gasteiger partial charge in [0, 0.05) is 23.7 Å². The molecule has 0 spiro atoms. The summed E-state index contributed by atoms with van der Waals surface area (Å²) in [5, 5.41) is 0.883. The van der Waals surface area contributed by atoms with E-state index in [1.165, 1.54) is 0 Å². The van der Waals surface area contributed by atoms with Gasteiger partial charge in [-0.3, -0.25) is 4.90 Å². The van der Waals surface area contributed by atoms with Crippen LogP contribution in [-0.4, -0.2) is 42.7 Å². The lowest BCUT2D eigenvalue weighted by atomic mass is 10.2. The predicted molar refractivity (Wildman–Crippen MR) is 89.9 cm³/mol. The van der Waals surface area contributed by atoms with Gasteiger partial charge in [-0.2, -0.15) is 0 Å². The molecule has 1 aromatic carbocycles. The quantitative estimate of drug-likeness (QED) is 0.665. The molecule has 0 fully saturated rings. The number of ether oxygens (including phenoxy) is 2. The molecule has 0 unspecified atom stereocenters. The van der Waals surface area contributed by atoms with Crippen molar-refractivity contribution in [3.8, 4) is 5.75 Å². The van der Waals surface area contributed by atoms with E-state index in [4.69, 9.17) is 32.7 Å². The van der Waals surface area contributed by atoms with Crippen molar-refractivity contribution in [2.75, 3.05) is 19.8 Å². The summed E-state index contributed by atoms with van der Waals surface area (Å²) in [5.74, 6) is -0.00696. The Morgan fingerprint density at radius 2 is 1.82 bits per heavy atom. The van der Waals surface area contributed by atoms with Gasteiger partial charge in [-0.25, -0.2) is 4.79 Å². The van der Waals surface area contributed by atoms with Crippen LogP contribution in [0.15, 0.2) is 18.2 Å². The van der Waals surface area contributed by atoms with Crippen LogP contribution in [0.5, 0.6) is 5.75 Å². The number of esters is 1. The van der Waals surface area contributed by atoms with Gasteiger partial charge >= 0.3 is 5.97 Å². The zero-order valence-corrected chi connectivity index (χ0v) is 14.9. The van der Waals surface area contributed by atoms with Crippen LogP contribution in [0.25, 0.3) is 0 Å². The van der Waals surface area contributed by atoms with Crippen molar-refractivity contribution in [2.45, 2.75) is 39.8 Å². The number of hydrogen-bond donors (Lipinski definition) is 0. The second-order valence-electron chi connectivity index (χ2n) is 5.51. The average Bonchev–Trinajstić information content (AvgIpc) is 2.41. The molecule has 124 valence electrons. The maximum absolute atomic E-state index is 11.7. The van der Waals surface area contributed by atoms with Crippen LogP contribution in [0.2, 0.25) is 10.0 Å². The predicted octanol–water partition coefficient (Wildman–Crippen LogP) is 4.03. The molecule has 22 heavy (non-hydrogen) atoms. The highest BCUT2D eigenvalue weighted by atomic mass is 35.5. The number of carbonyl (C=O) groups is 1. The fourth-order valence-corrected chi connectivity index (χ4v) is 2.61. The van der Waals surface area contributed by atoms with Crippen LogP contribution in [-0.2, 0) is 9.53 Å². The molecule has 1 rings (SSSR count). The number of hydrogen-bond acceptors (Lipinski definition) is 4. The van der Waals surface area contributed by atoms with E-state index in [0.29, 0.717) is 41.0 Å². The lowest BCUT2D eigenvalue weighted by molar-refractivity contribution is -0.146. The Kier molecular flexibility index (Phi) is 8.01. The zero-order chi connectivity index (χ0) is 16.7. The summed E-state index contributed by atoms with van der Waals surface area (Å²) in [5.41, 5.74) is 0. The summed E-state index contributed by atoms with van der Waals surface area (Å²) in [7, 11) is 0. The minimum Gasteiger partial charge on any atom is -0.480 e. The van der Waals surface area contributed by atoms with Crippen molar-refractivity contribution >= 4 is 29.2 Å². The lowest BCUT2D eigenvalue weighted by Gasteiger charge is -2.30. The van der Waals surface area contributed by atoms with Crippen molar-refractivity contribution in [1.29, 1.82) is 0 Å². The van der Waals surface area contributed by atoms with Crippen LogP contribution >= 0.6 is 23.2 Å². The molecule has 1 aromatic rings. The second-order valence-corrected chi connectivity index (χ2v) is 6.35. The lowest BCUT2D eigenvalue weighted by Crippen LogP contribution is -2.39. The summed E-state index contributed by atoms with van der Waals surface area (Å²) in [4.78, 5) is 13.9. The second kappa shape index (κ2) is 9.23. The Morgan fingerprint density at radius 3 is 2.36 bits per heavy atom. The first-order valence-corrected chi connectivity index (χ1v) is 8.06. The highest BCUT2D eigenvalue weighted by Crippen LogP contribution is 2.27. The number of benzene rings is 1. The van der Waals surface area contributed by atoms with Gasteiger partial charge in [-0.05, 0) is 45.9 Å². The Bertz CT molecular complexity index is 484. The molecule has 0 aliphatic heterocycles. The van der Waals surface area contributed by atoms with Gasteiger partial charge in [0.15, 0.2) is 6.61 Å². The van der Waals surface area contributed by atoms with E-state index in [0.717, 1.165) is 0 Å². The van der Waals surface area contributed by atoms with Crippen LogP contribution in [0, 0.1) is 0 Å². The molecular weight excluding hydrogens is 325 g/mol. The molecule has 0 atom stereocenters. The fourth-order valence-electron chi connectivity index (χ4n) is 2.15. The molecule has 0 N–H and O–H groups in total. The largest absolute Gasteiger partial charge is 0.480 e. The zero-order valence-electron chi connectivity index (χ0n) is 13.4. The average molecular weight is 348 g/mol. The van der Waals surface area contributed by atoms with E-state index in [-0.39, 0.29) is 6.61 Å². The summed E-state index contributed by atoms with van der Waals surface area (Å²) in [6, 6.07) is 5.65. The van der Waals surface area contributed by atoms with Crippen LogP contribution in [0.3, 0.4) is 0 Å². The SMILES string of the molecule is CC(C)N(CCOC(=O)COc1ccc(Cl)cc1Cl)C(C)C. The standard InChI is InChI=1S/C16H23Cl2NO3/c1-11(2)19(12(3)4)7-8-21-16(20)10-22-15-6-5-13(17)9-14(15)18/h5-6,9,11-12H,7-8,10H2,1-4H3. The van der Waals surface area contributed by atoms with Crippen molar-refractivity contribution in [3.05, 3.63) is 28.2 Å². The smallest absolute Gasteiger partial charge is 0.344 e. The molecule has 4 nitrogen and oxygen atoms in total. The van der Waals surface area contributed by atoms with Crippen molar-refractivity contribution in [2.24, 2.45) is 0 Å². The molecule has 0 aliphatic rings. The van der Waals surface area contributed by atoms with Gasteiger partial charge in [0.25, 0.3) is 0 Å². The molecule has 0 bridgehead atoms. The highest BCUT2D eigenvalue weighted by molar-refractivity contribution is 6.35. The summed E-state index contributed by atoms with van der Waals surface area (Å²) in [6.07, 6.45) is 0. The molecule has 0 aliphatic carbocycles. The van der Waals surface area contributed by atoms with Crippen molar-refractivity contribution < 1.29 is 14.3 Å². The van der Waals surface area contributed by atoms with E-state index in [1.807, 2.05) is 0 Å². The monoisotopic (exact) mass is 347 g/mol. The Morgan fingerprint density at radius 1 is 1.18 bits per heavy atom. The summed E-state index contributed by atoms with van der Waals surface area (Å²) in [6.45, 7) is 9.34. The van der Waals surface area contributed by atoms with Gasteiger partial charge < -0.3 is 9.47 Å².